The molecule has 4 rings (SSSR count). The normalized spacial score (nSPS) is 16.4. The second-order valence-electron chi connectivity index (χ2n) is 9.55. The number of amides is 2. The molecule has 7 nitrogen and oxygen atoms in total. The number of carboxylic acids is 1. The Hall–Kier alpha value is -3.35. The van der Waals surface area contributed by atoms with Crippen molar-refractivity contribution < 1.29 is 24.2 Å². The van der Waals surface area contributed by atoms with Crippen molar-refractivity contribution in [2.24, 2.45) is 11.8 Å². The first-order valence-electron chi connectivity index (χ1n) is 12.6. The van der Waals surface area contributed by atoms with Gasteiger partial charge >= 0.3 is 12.1 Å². The van der Waals surface area contributed by atoms with E-state index in [4.69, 9.17) is 4.74 Å². The molecule has 2 aliphatic rings. The summed E-state index contributed by atoms with van der Waals surface area (Å²) >= 11 is 0. The van der Waals surface area contributed by atoms with Crippen molar-refractivity contribution >= 4 is 18.0 Å². The smallest absolute Gasteiger partial charge is 0.407 e. The molecule has 0 saturated heterocycles. The lowest BCUT2D eigenvalue weighted by Crippen LogP contribution is -2.40. The molecule has 2 amide bonds. The Kier molecular flexibility index (Phi) is 8.06. The Morgan fingerprint density at radius 2 is 1.66 bits per heavy atom. The monoisotopic (exact) mass is 478 g/mol. The molecule has 2 aromatic carbocycles. The molecule has 186 valence electrons. The Bertz CT molecular complexity index is 1020. The molecule has 3 N–H and O–H groups in total. The number of rotatable bonds is 11. The van der Waals surface area contributed by atoms with Gasteiger partial charge in [0.25, 0.3) is 0 Å². The number of hydrogen-bond donors (Lipinski definition) is 3. The average molecular weight is 479 g/mol. The van der Waals surface area contributed by atoms with Crippen molar-refractivity contribution in [2.75, 3.05) is 13.2 Å². The molecule has 0 bridgehead atoms. The first-order valence-corrected chi connectivity index (χ1v) is 12.6. The van der Waals surface area contributed by atoms with Gasteiger partial charge in [-0.2, -0.15) is 0 Å². The van der Waals surface area contributed by atoms with E-state index in [-0.39, 0.29) is 43.4 Å². The fraction of sp³-hybridized carbons (Fsp3) is 0.464. The molecular weight excluding hydrogens is 444 g/mol. The van der Waals surface area contributed by atoms with Crippen LogP contribution in [0.15, 0.2) is 48.5 Å². The Labute approximate surface area is 206 Å². The lowest BCUT2D eigenvalue weighted by molar-refractivity contribution is -0.144. The maximum absolute atomic E-state index is 12.5. The van der Waals surface area contributed by atoms with Gasteiger partial charge in [0.15, 0.2) is 0 Å². The van der Waals surface area contributed by atoms with Crippen LogP contribution in [-0.2, 0) is 14.3 Å². The first kappa shape index (κ1) is 24.8. The summed E-state index contributed by atoms with van der Waals surface area (Å²) in [6.45, 7) is 2.35. The van der Waals surface area contributed by atoms with Gasteiger partial charge in [0.05, 0.1) is 5.92 Å². The third-order valence-electron chi connectivity index (χ3n) is 7.43. The minimum atomic E-state index is -0.849. The largest absolute Gasteiger partial charge is 0.481 e. The van der Waals surface area contributed by atoms with Crippen LogP contribution in [0.5, 0.6) is 0 Å². The number of fused-ring (bicyclic) bond motifs is 3. The van der Waals surface area contributed by atoms with Crippen LogP contribution in [0.25, 0.3) is 11.1 Å². The van der Waals surface area contributed by atoms with Crippen LogP contribution in [0, 0.1) is 11.8 Å². The van der Waals surface area contributed by atoms with Crippen LogP contribution >= 0.6 is 0 Å². The van der Waals surface area contributed by atoms with Gasteiger partial charge in [0.2, 0.25) is 5.91 Å². The fourth-order valence-corrected chi connectivity index (χ4v) is 5.10. The molecule has 2 aromatic rings. The minimum Gasteiger partial charge on any atom is -0.481 e. The van der Waals surface area contributed by atoms with Gasteiger partial charge in [0, 0.05) is 24.9 Å². The van der Waals surface area contributed by atoms with Crippen molar-refractivity contribution in [1.29, 1.82) is 0 Å². The molecule has 2 atom stereocenters. The summed E-state index contributed by atoms with van der Waals surface area (Å²) in [5.41, 5.74) is 4.67. The number of nitrogens with one attached hydrogen (secondary N) is 2. The van der Waals surface area contributed by atoms with Crippen LogP contribution in [0.4, 0.5) is 4.79 Å². The van der Waals surface area contributed by atoms with E-state index in [0.29, 0.717) is 12.8 Å². The highest BCUT2D eigenvalue weighted by Gasteiger charge is 2.33. The summed E-state index contributed by atoms with van der Waals surface area (Å²) in [4.78, 5) is 36.3. The lowest BCUT2D eigenvalue weighted by atomic mass is 9.76. The zero-order valence-electron chi connectivity index (χ0n) is 20.2. The minimum absolute atomic E-state index is 0.00291. The van der Waals surface area contributed by atoms with Gasteiger partial charge in [-0.1, -0.05) is 61.9 Å². The SMILES string of the molecule is CCC(CCC(=O)NCC(C(=O)O)C1CCC1)NC(=O)OCC1c2ccccc2-c2ccccc21. The molecule has 0 spiro atoms. The van der Waals surface area contributed by atoms with Crippen LogP contribution < -0.4 is 10.6 Å². The van der Waals surface area contributed by atoms with Gasteiger partial charge in [-0.05, 0) is 53.9 Å². The average Bonchev–Trinajstić information content (AvgIpc) is 3.15. The highest BCUT2D eigenvalue weighted by molar-refractivity contribution is 5.79. The highest BCUT2D eigenvalue weighted by atomic mass is 16.5. The Balaban J connectivity index is 1.23. The number of alkyl carbamates (subject to hydrolysis) is 1. The quantitative estimate of drug-likeness (QED) is 0.434. The van der Waals surface area contributed by atoms with E-state index in [0.717, 1.165) is 30.4 Å². The first-order chi connectivity index (χ1) is 17.0. The maximum Gasteiger partial charge on any atom is 0.407 e. The Morgan fingerprint density at radius 3 is 2.20 bits per heavy atom. The van der Waals surface area contributed by atoms with Gasteiger partial charge in [-0.25, -0.2) is 4.79 Å². The number of ether oxygens (including phenoxy) is 1. The number of benzene rings is 2. The lowest BCUT2D eigenvalue weighted by Gasteiger charge is -2.31. The topological polar surface area (TPSA) is 105 Å². The van der Waals surface area contributed by atoms with E-state index < -0.39 is 18.0 Å². The van der Waals surface area contributed by atoms with E-state index in [9.17, 15) is 19.5 Å². The number of aliphatic carboxylic acids is 1. The maximum atomic E-state index is 12.5. The summed E-state index contributed by atoms with van der Waals surface area (Å²) in [5, 5.41) is 15.0. The highest BCUT2D eigenvalue weighted by Crippen LogP contribution is 2.44. The van der Waals surface area contributed by atoms with E-state index in [1.165, 1.54) is 11.1 Å². The van der Waals surface area contributed by atoms with Crippen molar-refractivity contribution in [3.05, 3.63) is 59.7 Å². The third kappa shape index (κ3) is 5.84. The van der Waals surface area contributed by atoms with Gasteiger partial charge < -0.3 is 20.5 Å². The molecular formula is C28H34N2O5. The molecule has 0 heterocycles. The molecule has 7 heteroatoms. The summed E-state index contributed by atoms with van der Waals surface area (Å²) in [7, 11) is 0. The van der Waals surface area contributed by atoms with Crippen molar-refractivity contribution in [2.45, 2.75) is 57.4 Å². The van der Waals surface area contributed by atoms with Gasteiger partial charge in [-0.3, -0.25) is 9.59 Å². The van der Waals surface area contributed by atoms with Crippen molar-refractivity contribution in [3.8, 4) is 11.1 Å². The van der Waals surface area contributed by atoms with Crippen molar-refractivity contribution in [3.63, 3.8) is 0 Å². The molecule has 1 fully saturated rings. The molecule has 1 saturated carbocycles. The zero-order chi connectivity index (χ0) is 24.8. The summed E-state index contributed by atoms with van der Waals surface area (Å²) in [5.74, 6) is -1.40. The summed E-state index contributed by atoms with van der Waals surface area (Å²) < 4.78 is 5.61. The predicted octanol–water partition coefficient (Wildman–Crippen LogP) is 4.70. The van der Waals surface area contributed by atoms with E-state index >= 15 is 0 Å². The van der Waals surface area contributed by atoms with E-state index in [1.807, 2.05) is 31.2 Å². The second kappa shape index (κ2) is 11.4. The number of carboxylic acid groups (broad SMARTS) is 1. The van der Waals surface area contributed by atoms with E-state index in [2.05, 4.69) is 34.9 Å². The number of hydrogen-bond acceptors (Lipinski definition) is 4. The fourth-order valence-electron chi connectivity index (χ4n) is 5.10. The number of carbonyl (C=O) groups excluding carboxylic acids is 2. The van der Waals surface area contributed by atoms with Crippen LogP contribution in [0.1, 0.15) is 62.5 Å². The summed E-state index contributed by atoms with van der Waals surface area (Å²) in [6, 6.07) is 16.2. The molecule has 35 heavy (non-hydrogen) atoms. The van der Waals surface area contributed by atoms with Crippen LogP contribution in [0.3, 0.4) is 0 Å². The molecule has 0 radical (unpaired) electrons. The Morgan fingerprint density at radius 1 is 1.03 bits per heavy atom. The van der Waals surface area contributed by atoms with Gasteiger partial charge in [0.1, 0.15) is 6.61 Å². The van der Waals surface area contributed by atoms with Crippen LogP contribution in [-0.4, -0.2) is 42.3 Å². The zero-order valence-corrected chi connectivity index (χ0v) is 20.2. The molecule has 0 aromatic heterocycles. The molecule has 2 aliphatic carbocycles. The van der Waals surface area contributed by atoms with Crippen LogP contribution in [0.2, 0.25) is 0 Å². The van der Waals surface area contributed by atoms with E-state index in [1.54, 1.807) is 0 Å². The standard InChI is InChI=1S/C28H34N2O5/c1-2-19(14-15-26(31)29-16-24(27(32)33)18-8-7-9-18)30-28(34)35-17-25-22-12-5-3-10-20(22)21-11-4-6-13-23(21)25/h3-6,10-13,18-19,24-25H,2,7-9,14-17H2,1H3,(H,29,31)(H,30,34)(H,32,33). The van der Waals surface area contributed by atoms with Crippen molar-refractivity contribution in [1.82, 2.24) is 10.6 Å². The predicted molar refractivity (Wildman–Crippen MR) is 133 cm³/mol. The molecule has 2 unspecified atom stereocenters. The van der Waals surface area contributed by atoms with Gasteiger partial charge in [-0.15, -0.1) is 0 Å². The number of carbonyl (C=O) groups is 3. The molecule has 0 aliphatic heterocycles. The second-order valence-corrected chi connectivity index (χ2v) is 9.55. The third-order valence-corrected chi connectivity index (χ3v) is 7.43. The summed E-state index contributed by atoms with van der Waals surface area (Å²) in [6.07, 6.45) is 3.74.